The molecular weight excluding hydrogens is 416 g/mol. The number of thiophene rings is 1. The van der Waals surface area contributed by atoms with Crippen molar-refractivity contribution in [2.24, 2.45) is 0 Å². The molecular formula is C21H18N6OS2. The number of hydrogen-bond donors (Lipinski definition) is 2. The predicted octanol–water partition coefficient (Wildman–Crippen LogP) is 4.35. The summed E-state index contributed by atoms with van der Waals surface area (Å²) in [5.74, 6) is 0.260. The van der Waals surface area contributed by atoms with Crippen molar-refractivity contribution in [2.45, 2.75) is 30.5 Å². The van der Waals surface area contributed by atoms with Crippen LogP contribution in [-0.4, -0.2) is 21.1 Å². The van der Waals surface area contributed by atoms with E-state index in [2.05, 4.69) is 27.4 Å². The summed E-state index contributed by atoms with van der Waals surface area (Å²) in [6.07, 6.45) is 2.13. The first kappa shape index (κ1) is 21.3. The number of amides is 1. The van der Waals surface area contributed by atoms with Gasteiger partial charge >= 0.3 is 0 Å². The van der Waals surface area contributed by atoms with E-state index in [0.717, 1.165) is 22.2 Å². The van der Waals surface area contributed by atoms with Crippen LogP contribution in [0.15, 0.2) is 40.9 Å². The summed E-state index contributed by atoms with van der Waals surface area (Å²) in [7, 11) is 0. The zero-order valence-corrected chi connectivity index (χ0v) is 18.0. The lowest BCUT2D eigenvalue weighted by molar-refractivity contribution is -0.115. The molecule has 3 N–H and O–H groups in total. The second-order valence-corrected chi connectivity index (χ2v) is 8.49. The third kappa shape index (κ3) is 4.43. The van der Waals surface area contributed by atoms with Gasteiger partial charge in [-0.05, 0) is 42.5 Å². The molecule has 1 atom stereocenters. The van der Waals surface area contributed by atoms with Crippen LogP contribution in [0.25, 0.3) is 10.4 Å². The fourth-order valence-corrected chi connectivity index (χ4v) is 4.62. The molecule has 0 aliphatic rings. The number of aryl methyl sites for hydroxylation is 1. The number of anilines is 2. The fourth-order valence-electron chi connectivity index (χ4n) is 2.82. The minimum absolute atomic E-state index is 0.0398. The highest BCUT2D eigenvalue weighted by Gasteiger charge is 2.26. The van der Waals surface area contributed by atoms with Crippen LogP contribution in [0.4, 0.5) is 11.6 Å². The molecule has 0 saturated heterocycles. The first-order valence-electron chi connectivity index (χ1n) is 9.06. The van der Waals surface area contributed by atoms with Crippen LogP contribution in [0.2, 0.25) is 0 Å². The molecule has 150 valence electrons. The lowest BCUT2D eigenvalue weighted by Crippen LogP contribution is -2.25. The zero-order chi connectivity index (χ0) is 21.7. The van der Waals surface area contributed by atoms with Crippen LogP contribution in [0.5, 0.6) is 0 Å². The molecule has 30 heavy (non-hydrogen) atoms. The fraction of sp³-hybridized carbons (Fsp3) is 0.190. The van der Waals surface area contributed by atoms with Crippen LogP contribution in [-0.2, 0) is 4.79 Å². The number of thioether (sulfide) groups is 1. The zero-order valence-electron chi connectivity index (χ0n) is 16.3. The van der Waals surface area contributed by atoms with Gasteiger partial charge in [-0.15, -0.1) is 11.3 Å². The molecule has 0 spiro atoms. The largest absolute Gasteiger partial charge is 0.383 e. The van der Waals surface area contributed by atoms with Gasteiger partial charge in [-0.1, -0.05) is 24.8 Å². The van der Waals surface area contributed by atoms with E-state index in [4.69, 9.17) is 5.73 Å². The minimum Gasteiger partial charge on any atom is -0.383 e. The van der Waals surface area contributed by atoms with Crippen molar-refractivity contribution in [1.29, 1.82) is 10.5 Å². The van der Waals surface area contributed by atoms with Crippen LogP contribution in [0, 0.1) is 29.6 Å². The molecule has 9 heteroatoms. The predicted molar refractivity (Wildman–Crippen MR) is 119 cm³/mol. The van der Waals surface area contributed by atoms with Gasteiger partial charge < -0.3 is 11.1 Å². The highest BCUT2D eigenvalue weighted by molar-refractivity contribution is 8.00. The average molecular weight is 435 g/mol. The quantitative estimate of drug-likeness (QED) is 0.552. The molecule has 0 aliphatic heterocycles. The number of nitrogen functional groups attached to an aromatic ring is 1. The molecule has 3 rings (SSSR count). The number of nitrogens with zero attached hydrogens (tertiary/aromatic N) is 4. The second-order valence-electron chi connectivity index (χ2n) is 6.35. The van der Waals surface area contributed by atoms with E-state index in [1.807, 2.05) is 37.4 Å². The van der Waals surface area contributed by atoms with Crippen molar-refractivity contribution in [3.8, 4) is 22.6 Å². The Labute approximate surface area is 182 Å². The Hall–Kier alpha value is -3.40. The maximum Gasteiger partial charge on any atom is 0.239 e. The SMILES string of the molecule is CCC(Sc1nc(N)c(C#N)c(-c2cccs2)c1C#N)C(=O)Nc1cc(C)ccn1. The van der Waals surface area contributed by atoms with E-state index in [9.17, 15) is 15.3 Å². The number of nitrogens with one attached hydrogen (secondary N) is 1. The van der Waals surface area contributed by atoms with Crippen LogP contribution in [0.3, 0.4) is 0 Å². The Morgan fingerprint density at radius 1 is 1.33 bits per heavy atom. The van der Waals surface area contributed by atoms with Crippen molar-refractivity contribution in [3.63, 3.8) is 0 Å². The molecule has 7 nitrogen and oxygen atoms in total. The molecule has 0 aliphatic carbocycles. The van der Waals surface area contributed by atoms with Gasteiger partial charge in [0.1, 0.15) is 34.4 Å². The maximum absolute atomic E-state index is 12.8. The van der Waals surface area contributed by atoms with E-state index in [1.165, 1.54) is 11.3 Å². The van der Waals surface area contributed by atoms with Crippen molar-refractivity contribution < 1.29 is 4.79 Å². The van der Waals surface area contributed by atoms with Gasteiger partial charge in [0.05, 0.1) is 10.8 Å². The Kier molecular flexibility index (Phi) is 6.68. The highest BCUT2D eigenvalue weighted by Crippen LogP contribution is 2.39. The number of pyridine rings is 2. The first-order chi connectivity index (χ1) is 14.5. The van der Waals surface area contributed by atoms with Gasteiger partial charge in [0, 0.05) is 16.6 Å². The number of rotatable bonds is 6. The lowest BCUT2D eigenvalue weighted by Gasteiger charge is -2.17. The van der Waals surface area contributed by atoms with Gasteiger partial charge in [0.25, 0.3) is 0 Å². The first-order valence-corrected chi connectivity index (χ1v) is 10.8. The van der Waals surface area contributed by atoms with Gasteiger partial charge in [-0.2, -0.15) is 10.5 Å². The summed E-state index contributed by atoms with van der Waals surface area (Å²) < 4.78 is 0. The Morgan fingerprint density at radius 2 is 2.10 bits per heavy atom. The third-order valence-electron chi connectivity index (χ3n) is 4.27. The molecule has 3 aromatic heterocycles. The van der Waals surface area contributed by atoms with Gasteiger partial charge in [0.2, 0.25) is 5.91 Å². The summed E-state index contributed by atoms with van der Waals surface area (Å²) in [6.45, 7) is 3.79. The lowest BCUT2D eigenvalue weighted by atomic mass is 10.0. The normalized spacial score (nSPS) is 11.3. The minimum atomic E-state index is -0.518. The number of hydrogen-bond acceptors (Lipinski definition) is 8. The van der Waals surface area contributed by atoms with E-state index in [-0.39, 0.29) is 22.9 Å². The summed E-state index contributed by atoms with van der Waals surface area (Å²) in [5.41, 5.74) is 7.88. The van der Waals surface area contributed by atoms with Crippen molar-refractivity contribution in [3.05, 3.63) is 52.5 Å². The molecule has 0 bridgehead atoms. The van der Waals surface area contributed by atoms with E-state index in [0.29, 0.717) is 22.8 Å². The standard InChI is InChI=1S/C21H18N6OS2/c1-3-15(20(28)26-17-9-12(2)6-7-25-17)30-21-14(11-23)18(16-5-4-8-29-16)13(10-22)19(24)27-21/h4-9,15H,3H2,1-2H3,(H2,24,27)(H,25,26,28). The molecule has 0 aromatic carbocycles. The summed E-state index contributed by atoms with van der Waals surface area (Å²) in [4.78, 5) is 22.0. The topological polar surface area (TPSA) is 128 Å². The van der Waals surface area contributed by atoms with Crippen LogP contribution >= 0.6 is 23.1 Å². The van der Waals surface area contributed by atoms with E-state index < -0.39 is 5.25 Å². The molecule has 0 radical (unpaired) electrons. The molecule has 3 heterocycles. The third-order valence-corrected chi connectivity index (χ3v) is 6.50. The number of nitriles is 2. The van der Waals surface area contributed by atoms with Gasteiger partial charge in [-0.25, -0.2) is 9.97 Å². The second kappa shape index (κ2) is 9.40. The highest BCUT2D eigenvalue weighted by atomic mass is 32.2. The Bertz CT molecular complexity index is 1160. The number of nitrogens with two attached hydrogens (primary N) is 1. The van der Waals surface area contributed by atoms with Crippen LogP contribution in [0.1, 0.15) is 30.0 Å². The molecule has 1 unspecified atom stereocenters. The Balaban J connectivity index is 1.98. The number of carbonyl (C=O) groups is 1. The van der Waals surface area contributed by atoms with Crippen molar-refractivity contribution in [2.75, 3.05) is 11.1 Å². The van der Waals surface area contributed by atoms with Crippen LogP contribution < -0.4 is 11.1 Å². The van der Waals surface area contributed by atoms with E-state index in [1.54, 1.807) is 12.3 Å². The van der Waals surface area contributed by atoms with Crippen molar-refractivity contribution >= 4 is 40.6 Å². The number of aromatic nitrogens is 2. The summed E-state index contributed by atoms with van der Waals surface area (Å²) in [5, 5.41) is 23.9. The molecule has 0 saturated carbocycles. The molecule has 3 aromatic rings. The maximum atomic E-state index is 12.8. The monoisotopic (exact) mass is 434 g/mol. The summed E-state index contributed by atoms with van der Waals surface area (Å²) >= 11 is 2.56. The Morgan fingerprint density at radius 3 is 2.70 bits per heavy atom. The van der Waals surface area contributed by atoms with Crippen molar-refractivity contribution in [1.82, 2.24) is 9.97 Å². The van der Waals surface area contributed by atoms with Gasteiger partial charge in [0.15, 0.2) is 0 Å². The smallest absolute Gasteiger partial charge is 0.239 e. The molecule has 0 fully saturated rings. The van der Waals surface area contributed by atoms with E-state index >= 15 is 0 Å². The average Bonchev–Trinajstić information content (AvgIpc) is 3.25. The molecule has 1 amide bonds. The number of carbonyl (C=O) groups excluding carboxylic acids is 1. The van der Waals surface area contributed by atoms with Gasteiger partial charge in [-0.3, -0.25) is 4.79 Å². The summed E-state index contributed by atoms with van der Waals surface area (Å²) in [6, 6.07) is 11.5.